The zero-order chi connectivity index (χ0) is 8.97. The first-order valence-electron chi connectivity index (χ1n) is 3.23. The molecule has 0 spiro atoms. The van der Waals surface area contributed by atoms with E-state index in [9.17, 15) is 9.18 Å². The van der Waals surface area contributed by atoms with Gasteiger partial charge in [-0.3, -0.25) is 4.79 Å². The van der Waals surface area contributed by atoms with E-state index in [0.29, 0.717) is 11.8 Å². The van der Waals surface area contributed by atoms with Gasteiger partial charge in [0.25, 0.3) is 0 Å². The normalized spacial score (nSPS) is 9.08. The molecule has 1 N–H and O–H groups in total. The van der Waals surface area contributed by atoms with Crippen molar-refractivity contribution in [3.8, 4) is 0 Å². The number of anilines is 1. The van der Waals surface area contributed by atoms with Crippen molar-refractivity contribution in [3.63, 3.8) is 0 Å². The molecule has 0 aliphatic carbocycles. The molecule has 0 radical (unpaired) electrons. The van der Waals surface area contributed by atoms with Crippen LogP contribution >= 0.6 is 12.2 Å². The molecule has 0 bridgehead atoms. The third kappa shape index (κ3) is 1.85. The van der Waals surface area contributed by atoms with E-state index in [1.54, 1.807) is 0 Å². The number of carbonyl (C=O) groups excluding carboxylic acids is 1. The van der Waals surface area contributed by atoms with Crippen LogP contribution in [-0.2, 0) is 0 Å². The average Bonchev–Trinajstić information content (AvgIpc) is 2.09. The molecule has 62 valence electrons. The third-order valence-electron chi connectivity index (χ3n) is 1.34. The first-order valence-corrected chi connectivity index (χ1v) is 3.70. The van der Waals surface area contributed by atoms with E-state index < -0.39 is 5.82 Å². The van der Waals surface area contributed by atoms with Crippen LogP contribution in [0.4, 0.5) is 10.1 Å². The van der Waals surface area contributed by atoms with Crippen LogP contribution in [0.3, 0.4) is 0 Å². The summed E-state index contributed by atoms with van der Waals surface area (Å²) in [6, 6.07) is 4.12. The molecular formula is C8H6FNOS. The van der Waals surface area contributed by atoms with E-state index in [1.165, 1.54) is 17.6 Å². The van der Waals surface area contributed by atoms with Gasteiger partial charge >= 0.3 is 0 Å². The SMILES string of the molecule is O=Cc1ccc(NC=S)c(F)c1. The van der Waals surface area contributed by atoms with Crippen LogP contribution in [-0.4, -0.2) is 11.8 Å². The minimum atomic E-state index is -0.485. The lowest BCUT2D eigenvalue weighted by Crippen LogP contribution is -1.96. The predicted octanol–water partition coefficient (Wildman–Crippen LogP) is 2.01. The second-order valence-electron chi connectivity index (χ2n) is 2.12. The van der Waals surface area contributed by atoms with Crippen molar-refractivity contribution in [2.45, 2.75) is 0 Å². The highest BCUT2D eigenvalue weighted by Crippen LogP contribution is 2.13. The summed E-state index contributed by atoms with van der Waals surface area (Å²) in [6.07, 6.45) is 0.588. The van der Waals surface area contributed by atoms with Crippen LogP contribution in [0.5, 0.6) is 0 Å². The van der Waals surface area contributed by atoms with Crippen molar-refractivity contribution >= 4 is 29.7 Å². The maximum Gasteiger partial charge on any atom is 0.150 e. The van der Waals surface area contributed by atoms with E-state index in [2.05, 4.69) is 17.5 Å². The zero-order valence-electron chi connectivity index (χ0n) is 6.08. The van der Waals surface area contributed by atoms with E-state index >= 15 is 0 Å². The van der Waals surface area contributed by atoms with Gasteiger partial charge < -0.3 is 5.32 Å². The third-order valence-corrected chi connectivity index (χ3v) is 1.46. The zero-order valence-corrected chi connectivity index (χ0v) is 6.90. The van der Waals surface area contributed by atoms with E-state index in [-0.39, 0.29) is 5.69 Å². The van der Waals surface area contributed by atoms with E-state index in [0.717, 1.165) is 6.07 Å². The molecule has 0 aliphatic heterocycles. The number of halogens is 1. The molecule has 0 aromatic heterocycles. The summed E-state index contributed by atoms with van der Waals surface area (Å²) in [4.78, 5) is 10.2. The largest absolute Gasteiger partial charge is 0.350 e. The molecule has 12 heavy (non-hydrogen) atoms. The molecule has 1 aromatic rings. The number of hydrogen-bond donors (Lipinski definition) is 1. The van der Waals surface area contributed by atoms with Crippen LogP contribution in [0.25, 0.3) is 0 Å². The molecule has 0 amide bonds. The minimum Gasteiger partial charge on any atom is -0.350 e. The Bertz CT molecular complexity index is 314. The second kappa shape index (κ2) is 3.92. The predicted molar refractivity (Wildman–Crippen MR) is 49.1 cm³/mol. The smallest absolute Gasteiger partial charge is 0.150 e. The van der Waals surface area contributed by atoms with Crippen LogP contribution in [0.1, 0.15) is 10.4 Å². The lowest BCUT2D eigenvalue weighted by atomic mass is 10.2. The standard InChI is InChI=1S/C8H6FNOS/c9-7-3-6(4-11)1-2-8(7)10-5-12/h1-5H,(H,10,12). The fourth-order valence-electron chi connectivity index (χ4n) is 0.785. The maximum atomic E-state index is 12.9. The van der Waals surface area contributed by atoms with Crippen molar-refractivity contribution in [2.75, 3.05) is 5.32 Å². The molecule has 0 saturated heterocycles. The van der Waals surface area contributed by atoms with Gasteiger partial charge in [0.05, 0.1) is 11.2 Å². The number of aldehydes is 1. The number of rotatable bonds is 3. The van der Waals surface area contributed by atoms with Crippen molar-refractivity contribution < 1.29 is 9.18 Å². The summed E-state index contributed by atoms with van der Waals surface area (Å²) in [5.41, 5.74) is 1.79. The average molecular weight is 183 g/mol. The Labute approximate surface area is 74.4 Å². The Hall–Kier alpha value is -1.29. The Balaban J connectivity index is 3.02. The summed E-state index contributed by atoms with van der Waals surface area (Å²) in [6.45, 7) is 0. The van der Waals surface area contributed by atoms with Gasteiger partial charge in [-0.25, -0.2) is 4.39 Å². The summed E-state index contributed by atoms with van der Waals surface area (Å²) in [5.74, 6) is -0.485. The number of benzene rings is 1. The van der Waals surface area contributed by atoms with Crippen molar-refractivity contribution in [1.29, 1.82) is 0 Å². The summed E-state index contributed by atoms with van der Waals surface area (Å²) >= 11 is 4.48. The molecule has 0 atom stereocenters. The summed E-state index contributed by atoms with van der Waals surface area (Å²) in [5, 5.41) is 2.53. The Morgan fingerprint density at radius 3 is 2.75 bits per heavy atom. The number of nitrogens with one attached hydrogen (secondary N) is 1. The van der Waals surface area contributed by atoms with E-state index in [4.69, 9.17) is 0 Å². The second-order valence-corrected chi connectivity index (χ2v) is 2.36. The van der Waals surface area contributed by atoms with Gasteiger partial charge in [-0.05, 0) is 18.2 Å². The highest BCUT2D eigenvalue weighted by atomic mass is 32.1. The van der Waals surface area contributed by atoms with Crippen LogP contribution < -0.4 is 5.32 Å². The van der Waals surface area contributed by atoms with E-state index in [1.807, 2.05) is 0 Å². The van der Waals surface area contributed by atoms with Gasteiger partial charge in [0.2, 0.25) is 0 Å². The highest BCUT2D eigenvalue weighted by Gasteiger charge is 2.00. The molecule has 2 nitrogen and oxygen atoms in total. The molecule has 0 aliphatic rings. The summed E-state index contributed by atoms with van der Waals surface area (Å²) < 4.78 is 12.9. The molecule has 0 fully saturated rings. The molecule has 4 heteroatoms. The van der Waals surface area contributed by atoms with Crippen molar-refractivity contribution in [1.82, 2.24) is 0 Å². The van der Waals surface area contributed by atoms with Gasteiger partial charge in [0, 0.05) is 5.56 Å². The highest BCUT2D eigenvalue weighted by molar-refractivity contribution is 7.79. The first-order chi connectivity index (χ1) is 5.77. The molecular weight excluding hydrogens is 177 g/mol. The van der Waals surface area contributed by atoms with Gasteiger partial charge in [0.1, 0.15) is 12.1 Å². The molecule has 1 aromatic carbocycles. The fraction of sp³-hybridized carbons (Fsp3) is 0. The molecule has 0 heterocycles. The number of thiocarbonyl (C=S) groups is 1. The Morgan fingerprint density at radius 1 is 1.50 bits per heavy atom. The number of carbonyl (C=O) groups is 1. The van der Waals surface area contributed by atoms with Crippen LogP contribution in [0.15, 0.2) is 18.2 Å². The van der Waals surface area contributed by atoms with Gasteiger partial charge in [-0.15, -0.1) is 0 Å². The van der Waals surface area contributed by atoms with Gasteiger partial charge in [-0.1, -0.05) is 12.2 Å². The molecule has 0 saturated carbocycles. The fourth-order valence-corrected chi connectivity index (χ4v) is 0.912. The van der Waals surface area contributed by atoms with Crippen LogP contribution in [0, 0.1) is 5.82 Å². The minimum absolute atomic E-state index is 0.274. The molecule has 0 unspecified atom stereocenters. The van der Waals surface area contributed by atoms with Gasteiger partial charge in [-0.2, -0.15) is 0 Å². The quantitative estimate of drug-likeness (QED) is 0.574. The van der Waals surface area contributed by atoms with Crippen molar-refractivity contribution in [2.24, 2.45) is 0 Å². The van der Waals surface area contributed by atoms with Crippen LogP contribution in [0.2, 0.25) is 0 Å². The first kappa shape index (κ1) is 8.80. The summed E-state index contributed by atoms with van der Waals surface area (Å²) in [7, 11) is 0. The van der Waals surface area contributed by atoms with Crippen molar-refractivity contribution in [3.05, 3.63) is 29.6 Å². The molecule has 1 rings (SSSR count). The van der Waals surface area contributed by atoms with Gasteiger partial charge in [0.15, 0.2) is 0 Å². The topological polar surface area (TPSA) is 29.1 Å². The maximum absolute atomic E-state index is 12.9. The Kier molecular flexibility index (Phi) is 2.88. The lowest BCUT2D eigenvalue weighted by molar-refractivity contribution is 0.112. The Morgan fingerprint density at radius 2 is 2.25 bits per heavy atom. The monoisotopic (exact) mass is 183 g/mol. The lowest BCUT2D eigenvalue weighted by Gasteiger charge is -2.00. The number of hydrogen-bond acceptors (Lipinski definition) is 2.